The highest BCUT2D eigenvalue weighted by atomic mass is 16.6. The molecule has 0 saturated heterocycles. The van der Waals surface area contributed by atoms with Gasteiger partial charge in [0, 0.05) is 48.4 Å². The first-order valence-corrected chi connectivity index (χ1v) is 20.3. The summed E-state index contributed by atoms with van der Waals surface area (Å²) in [4.78, 5) is 61.2. The SMILES string of the molecule is CCN(CC)CCCNC(=O)c1cc(C)c(-c2ccc(C[C@@H](C(N)=O)N(c3ccc(-c4nnn[nH]4)cc3)C(=O)[C@H]3CC[C@H](CNC(=O)OC(C)(C)C)CC3)cc2)cn1. The number of aromatic nitrogens is 5. The van der Waals surface area contributed by atoms with Crippen LogP contribution in [0.15, 0.2) is 60.8 Å². The predicted molar refractivity (Wildman–Crippen MR) is 223 cm³/mol. The van der Waals surface area contributed by atoms with Crippen LogP contribution in [-0.4, -0.2) is 98.7 Å². The van der Waals surface area contributed by atoms with Crippen molar-refractivity contribution in [1.29, 1.82) is 0 Å². The van der Waals surface area contributed by atoms with Gasteiger partial charge in [-0.25, -0.2) is 9.89 Å². The molecule has 1 atom stereocenters. The Bertz CT molecular complexity index is 1970. The molecule has 0 aliphatic heterocycles. The van der Waals surface area contributed by atoms with E-state index in [1.54, 1.807) is 41.4 Å². The van der Waals surface area contributed by atoms with Gasteiger partial charge < -0.3 is 26.0 Å². The van der Waals surface area contributed by atoms with Gasteiger partial charge in [0.1, 0.15) is 17.3 Å². The molecule has 5 rings (SSSR count). The third kappa shape index (κ3) is 11.9. The number of ether oxygens (including phenoxy) is 1. The molecule has 4 amide bonds. The van der Waals surface area contributed by atoms with E-state index in [4.69, 9.17) is 10.5 Å². The quantitative estimate of drug-likeness (QED) is 0.0995. The van der Waals surface area contributed by atoms with Crippen molar-refractivity contribution < 1.29 is 23.9 Å². The highest BCUT2D eigenvalue weighted by Gasteiger charge is 2.36. The molecule has 0 spiro atoms. The number of carbonyl (C=O) groups is 4. The summed E-state index contributed by atoms with van der Waals surface area (Å²) in [5, 5.41) is 19.9. The number of amides is 4. The molecule has 310 valence electrons. The Morgan fingerprint density at radius 2 is 1.62 bits per heavy atom. The second-order valence-electron chi connectivity index (χ2n) is 15.9. The molecular formula is C43H58N10O5. The smallest absolute Gasteiger partial charge is 0.407 e. The Morgan fingerprint density at radius 1 is 0.948 bits per heavy atom. The number of H-pyrrole nitrogens is 1. The van der Waals surface area contributed by atoms with Crippen molar-refractivity contribution in [1.82, 2.24) is 41.1 Å². The average molecular weight is 795 g/mol. The number of pyridine rings is 1. The minimum atomic E-state index is -0.976. The lowest BCUT2D eigenvalue weighted by molar-refractivity contribution is -0.127. The van der Waals surface area contributed by atoms with E-state index in [-0.39, 0.29) is 30.1 Å². The molecular weight excluding hydrogens is 737 g/mol. The highest BCUT2D eigenvalue weighted by Crippen LogP contribution is 2.33. The molecule has 0 radical (unpaired) electrons. The minimum Gasteiger partial charge on any atom is -0.444 e. The Balaban J connectivity index is 1.29. The maximum atomic E-state index is 14.5. The molecule has 0 bridgehead atoms. The molecule has 1 aliphatic rings. The lowest BCUT2D eigenvalue weighted by Crippen LogP contribution is -2.52. The van der Waals surface area contributed by atoms with E-state index in [0.717, 1.165) is 66.7 Å². The zero-order valence-corrected chi connectivity index (χ0v) is 34.6. The molecule has 5 N–H and O–H groups in total. The number of benzene rings is 2. The van der Waals surface area contributed by atoms with Crippen molar-refractivity contribution in [3.8, 4) is 22.5 Å². The van der Waals surface area contributed by atoms with Crippen molar-refractivity contribution in [2.45, 2.75) is 91.7 Å². The number of nitrogens with two attached hydrogens (primary N) is 1. The van der Waals surface area contributed by atoms with Crippen molar-refractivity contribution in [2.75, 3.05) is 37.6 Å². The van der Waals surface area contributed by atoms with Gasteiger partial charge in [-0.05, 0) is 143 Å². The van der Waals surface area contributed by atoms with Crippen LogP contribution in [0.2, 0.25) is 0 Å². The molecule has 4 aromatic rings. The van der Waals surface area contributed by atoms with E-state index in [1.165, 1.54) is 0 Å². The maximum absolute atomic E-state index is 14.5. The normalized spacial score (nSPS) is 16.1. The topological polar surface area (TPSA) is 201 Å². The summed E-state index contributed by atoms with van der Waals surface area (Å²) >= 11 is 0. The molecule has 58 heavy (non-hydrogen) atoms. The summed E-state index contributed by atoms with van der Waals surface area (Å²) in [7, 11) is 0. The summed E-state index contributed by atoms with van der Waals surface area (Å²) < 4.78 is 5.38. The van der Waals surface area contributed by atoms with Gasteiger partial charge in [-0.15, -0.1) is 5.10 Å². The van der Waals surface area contributed by atoms with Crippen molar-refractivity contribution in [2.24, 2.45) is 17.6 Å². The third-order valence-corrected chi connectivity index (χ3v) is 10.6. The fraction of sp³-hybridized carbons (Fsp3) is 0.488. The zero-order chi connectivity index (χ0) is 41.8. The first kappa shape index (κ1) is 43.4. The van der Waals surface area contributed by atoms with Crippen LogP contribution in [0.5, 0.6) is 0 Å². The van der Waals surface area contributed by atoms with Crippen LogP contribution >= 0.6 is 0 Å². The fourth-order valence-electron chi connectivity index (χ4n) is 7.35. The number of primary amides is 1. The number of aryl methyl sites for hydroxylation is 1. The van der Waals surface area contributed by atoms with Gasteiger partial charge in [-0.2, -0.15) is 0 Å². The molecule has 1 aliphatic carbocycles. The second kappa shape index (κ2) is 20.1. The first-order valence-electron chi connectivity index (χ1n) is 20.3. The van der Waals surface area contributed by atoms with Gasteiger partial charge in [0.15, 0.2) is 5.82 Å². The maximum Gasteiger partial charge on any atom is 0.407 e. The van der Waals surface area contributed by atoms with E-state index < -0.39 is 23.6 Å². The van der Waals surface area contributed by atoms with Gasteiger partial charge in [0.25, 0.3) is 5.91 Å². The Hall–Kier alpha value is -5.70. The standard InChI is InChI=1S/C43H58N10O5/c1-7-52(8-2)23-9-22-45-40(55)36-24-28(3)35(27-46-36)31-14-10-29(11-15-31)25-37(38(44)54)53(34-20-18-32(19-21-34)39-48-50-51-49-39)41(56)33-16-12-30(13-17-33)26-47-42(57)58-43(4,5)6/h10-11,14-15,18-21,24,27,30,33,37H,7-9,12-13,16-17,22-23,25-26H2,1-6H3,(H2,44,54)(H,45,55)(H,47,57)(H,48,49,50,51)/t30-,33-,37-/m0/s1. The van der Waals surface area contributed by atoms with E-state index in [2.05, 4.69) is 55.0 Å². The number of carbonyl (C=O) groups excluding carboxylic acids is 4. The summed E-state index contributed by atoms with van der Waals surface area (Å²) in [6, 6.07) is 15.7. The van der Waals surface area contributed by atoms with Crippen LogP contribution in [0, 0.1) is 18.8 Å². The molecule has 2 aromatic heterocycles. The van der Waals surface area contributed by atoms with Crippen LogP contribution in [0.4, 0.5) is 10.5 Å². The van der Waals surface area contributed by atoms with Gasteiger partial charge in [0.2, 0.25) is 11.8 Å². The van der Waals surface area contributed by atoms with E-state index in [1.807, 2.05) is 52.0 Å². The third-order valence-electron chi connectivity index (χ3n) is 10.6. The number of aromatic amines is 1. The number of nitrogens with zero attached hydrogens (tertiary/aromatic N) is 6. The molecule has 0 unspecified atom stereocenters. The number of tetrazole rings is 1. The molecule has 2 heterocycles. The molecule has 2 aromatic carbocycles. The Morgan fingerprint density at radius 3 is 2.21 bits per heavy atom. The van der Waals surface area contributed by atoms with Crippen LogP contribution < -0.4 is 21.3 Å². The van der Waals surface area contributed by atoms with E-state index in [0.29, 0.717) is 43.1 Å². The minimum absolute atomic E-state index is 0.178. The number of alkyl carbamates (subject to hydrolysis) is 1. The number of hydrogen-bond acceptors (Lipinski definition) is 10. The van der Waals surface area contributed by atoms with Crippen LogP contribution in [-0.2, 0) is 20.7 Å². The fourth-order valence-corrected chi connectivity index (χ4v) is 7.35. The van der Waals surface area contributed by atoms with Gasteiger partial charge in [0.05, 0.1) is 0 Å². The van der Waals surface area contributed by atoms with Crippen molar-refractivity contribution >= 4 is 29.5 Å². The number of anilines is 1. The number of nitrogens with one attached hydrogen (secondary N) is 3. The summed E-state index contributed by atoms with van der Waals surface area (Å²) in [6.45, 7) is 15.6. The largest absolute Gasteiger partial charge is 0.444 e. The molecule has 1 saturated carbocycles. The lowest BCUT2D eigenvalue weighted by Gasteiger charge is -2.36. The van der Waals surface area contributed by atoms with Crippen LogP contribution in [0.3, 0.4) is 0 Å². The van der Waals surface area contributed by atoms with E-state index >= 15 is 0 Å². The second-order valence-corrected chi connectivity index (χ2v) is 15.9. The Labute approximate surface area is 340 Å². The van der Waals surface area contributed by atoms with Gasteiger partial charge >= 0.3 is 6.09 Å². The van der Waals surface area contributed by atoms with Gasteiger partial charge in [-0.1, -0.05) is 38.1 Å². The number of rotatable bonds is 17. The lowest BCUT2D eigenvalue weighted by atomic mass is 9.81. The summed E-state index contributed by atoms with van der Waals surface area (Å²) in [5.41, 5.74) is 10.6. The molecule has 15 nitrogen and oxygen atoms in total. The van der Waals surface area contributed by atoms with Crippen molar-refractivity contribution in [3.05, 3.63) is 77.6 Å². The zero-order valence-electron chi connectivity index (χ0n) is 34.6. The molecule has 1 fully saturated rings. The highest BCUT2D eigenvalue weighted by molar-refractivity contribution is 6.02. The van der Waals surface area contributed by atoms with Crippen LogP contribution in [0.25, 0.3) is 22.5 Å². The van der Waals surface area contributed by atoms with Gasteiger partial charge in [-0.3, -0.25) is 24.3 Å². The summed E-state index contributed by atoms with van der Waals surface area (Å²) in [5.74, 6) is -0.674. The van der Waals surface area contributed by atoms with E-state index in [9.17, 15) is 19.2 Å². The Kier molecular flexibility index (Phi) is 15.1. The number of hydrogen-bond donors (Lipinski definition) is 4. The van der Waals surface area contributed by atoms with Crippen molar-refractivity contribution in [3.63, 3.8) is 0 Å². The first-order chi connectivity index (χ1) is 27.8. The summed E-state index contributed by atoms with van der Waals surface area (Å²) in [6.07, 6.45) is 4.97. The average Bonchev–Trinajstić information content (AvgIpc) is 3.75. The molecule has 15 heteroatoms. The van der Waals surface area contributed by atoms with Crippen LogP contribution in [0.1, 0.15) is 88.3 Å². The predicted octanol–water partition coefficient (Wildman–Crippen LogP) is 5.46. The monoisotopic (exact) mass is 794 g/mol.